The van der Waals surface area contributed by atoms with Crippen LogP contribution >= 0.6 is 0 Å². The number of hydrogen-bond donors (Lipinski definition) is 0. The van der Waals surface area contributed by atoms with E-state index in [1.54, 1.807) is 18.3 Å². The molecule has 2 heterocycles. The number of likely N-dealkylation sites (tertiary alicyclic amines) is 1. The van der Waals surface area contributed by atoms with Crippen LogP contribution in [-0.4, -0.2) is 49.3 Å². The van der Waals surface area contributed by atoms with Gasteiger partial charge in [0.1, 0.15) is 5.78 Å². The maximum Gasteiger partial charge on any atom is 0.222 e. The van der Waals surface area contributed by atoms with Crippen LogP contribution in [0.2, 0.25) is 0 Å². The van der Waals surface area contributed by atoms with Gasteiger partial charge < -0.3 is 4.90 Å². The van der Waals surface area contributed by atoms with Crippen molar-refractivity contribution >= 4 is 21.5 Å². The summed E-state index contributed by atoms with van der Waals surface area (Å²) in [4.78, 5) is 30.9. The van der Waals surface area contributed by atoms with Crippen LogP contribution in [0.1, 0.15) is 63.0 Å². The average molecular weight is 393 g/mol. The number of Topliss-reactive ketones (excluding diaryl/α,β-unsaturated/α-hetero) is 1. The SMILES string of the molecule is CS(=O)(=O)c1cccnc1C1CCN(C(=O)CC[C@H]2CCCCC2=O)CC1. The molecule has 6 nitrogen and oxygen atoms in total. The highest BCUT2D eigenvalue weighted by atomic mass is 32.2. The van der Waals surface area contributed by atoms with E-state index in [0.29, 0.717) is 61.6 Å². The van der Waals surface area contributed by atoms with Gasteiger partial charge in [-0.1, -0.05) is 6.42 Å². The van der Waals surface area contributed by atoms with E-state index in [4.69, 9.17) is 0 Å². The van der Waals surface area contributed by atoms with E-state index in [9.17, 15) is 18.0 Å². The van der Waals surface area contributed by atoms with Crippen LogP contribution in [-0.2, 0) is 19.4 Å². The summed E-state index contributed by atoms with van der Waals surface area (Å²) >= 11 is 0. The van der Waals surface area contributed by atoms with Crippen molar-refractivity contribution in [3.63, 3.8) is 0 Å². The first-order chi connectivity index (χ1) is 12.9. The zero-order valence-electron chi connectivity index (χ0n) is 15.9. The molecule has 2 aliphatic rings. The minimum atomic E-state index is -3.31. The van der Waals surface area contributed by atoms with Gasteiger partial charge in [-0.2, -0.15) is 0 Å². The fraction of sp³-hybridized carbons (Fsp3) is 0.650. The van der Waals surface area contributed by atoms with E-state index in [1.807, 2.05) is 4.90 Å². The van der Waals surface area contributed by atoms with Crippen LogP contribution < -0.4 is 0 Å². The second kappa shape index (κ2) is 8.50. The summed E-state index contributed by atoms with van der Waals surface area (Å²) in [5.41, 5.74) is 0.625. The van der Waals surface area contributed by atoms with Crippen LogP contribution in [0.25, 0.3) is 0 Å². The Morgan fingerprint density at radius 2 is 1.96 bits per heavy atom. The molecule has 0 N–H and O–H groups in total. The molecular formula is C20H28N2O4S. The Hall–Kier alpha value is -1.76. The Bertz CT molecular complexity index is 798. The summed E-state index contributed by atoms with van der Waals surface area (Å²) < 4.78 is 24.0. The van der Waals surface area contributed by atoms with Gasteiger partial charge in [0.05, 0.1) is 10.6 Å². The van der Waals surface area contributed by atoms with Crippen LogP contribution in [0, 0.1) is 5.92 Å². The number of piperidine rings is 1. The molecule has 7 heteroatoms. The molecule has 0 aromatic carbocycles. The van der Waals surface area contributed by atoms with Crippen LogP contribution in [0.15, 0.2) is 23.2 Å². The van der Waals surface area contributed by atoms with Crippen molar-refractivity contribution < 1.29 is 18.0 Å². The molecule has 27 heavy (non-hydrogen) atoms. The number of amides is 1. The zero-order valence-corrected chi connectivity index (χ0v) is 16.7. The molecule has 1 amide bonds. The molecule has 3 rings (SSSR count). The lowest BCUT2D eigenvalue weighted by molar-refractivity contribution is -0.133. The summed E-state index contributed by atoms with van der Waals surface area (Å²) in [6, 6.07) is 3.25. The number of sulfone groups is 1. The summed E-state index contributed by atoms with van der Waals surface area (Å²) in [6.45, 7) is 1.23. The van der Waals surface area contributed by atoms with Gasteiger partial charge in [0.2, 0.25) is 5.91 Å². The molecule has 1 aliphatic carbocycles. The minimum Gasteiger partial charge on any atom is -0.343 e. The zero-order chi connectivity index (χ0) is 19.4. The van der Waals surface area contributed by atoms with E-state index in [1.165, 1.54) is 6.26 Å². The van der Waals surface area contributed by atoms with E-state index >= 15 is 0 Å². The van der Waals surface area contributed by atoms with Crippen molar-refractivity contribution in [1.82, 2.24) is 9.88 Å². The van der Waals surface area contributed by atoms with Crippen LogP contribution in [0.4, 0.5) is 0 Å². The lowest BCUT2D eigenvalue weighted by atomic mass is 9.84. The number of carbonyl (C=O) groups is 2. The summed E-state index contributed by atoms with van der Waals surface area (Å²) in [5.74, 6) is 0.540. The number of carbonyl (C=O) groups excluding carboxylic acids is 2. The standard InChI is InChI=1S/C20H28N2O4S/c1-27(25,26)18-7-4-12-21-20(18)16-10-13-22(14-11-16)19(24)9-8-15-5-2-3-6-17(15)23/h4,7,12,15-16H,2-3,5-6,8-11,13-14H2,1H3/t15-/m1/s1. The number of ketones is 1. The van der Waals surface area contributed by atoms with E-state index in [0.717, 1.165) is 19.3 Å². The van der Waals surface area contributed by atoms with Gasteiger partial charge in [0.25, 0.3) is 0 Å². The quantitative estimate of drug-likeness (QED) is 0.769. The molecule has 0 bridgehead atoms. The maximum atomic E-state index is 12.5. The van der Waals surface area contributed by atoms with Gasteiger partial charge >= 0.3 is 0 Å². The van der Waals surface area contributed by atoms with Crippen molar-refractivity contribution in [2.24, 2.45) is 5.92 Å². The Labute approximate surface area is 161 Å². The number of rotatable bonds is 5. The normalized spacial score (nSPS) is 22.0. The number of hydrogen-bond acceptors (Lipinski definition) is 5. The Morgan fingerprint density at radius 3 is 2.63 bits per heavy atom. The van der Waals surface area contributed by atoms with Gasteiger partial charge in [-0.05, 0) is 44.2 Å². The van der Waals surface area contributed by atoms with Crippen LogP contribution in [0.5, 0.6) is 0 Å². The fourth-order valence-corrected chi connectivity index (χ4v) is 5.17. The topological polar surface area (TPSA) is 84.4 Å². The minimum absolute atomic E-state index is 0.0555. The van der Waals surface area contributed by atoms with Crippen molar-refractivity contribution in [3.8, 4) is 0 Å². The molecule has 0 spiro atoms. The Balaban J connectivity index is 1.55. The predicted octanol–water partition coefficient (Wildman–Crippen LogP) is 2.73. The molecule has 1 saturated carbocycles. The highest BCUT2D eigenvalue weighted by Gasteiger charge is 2.29. The lowest BCUT2D eigenvalue weighted by Gasteiger charge is -2.32. The number of aromatic nitrogens is 1. The van der Waals surface area contributed by atoms with E-state index in [2.05, 4.69) is 4.98 Å². The third-order valence-electron chi connectivity index (χ3n) is 5.82. The highest BCUT2D eigenvalue weighted by Crippen LogP contribution is 2.31. The summed E-state index contributed by atoms with van der Waals surface area (Å²) in [7, 11) is -3.31. The molecule has 1 atom stereocenters. The van der Waals surface area contributed by atoms with Gasteiger partial charge in [0, 0.05) is 50.2 Å². The molecule has 148 valence electrons. The van der Waals surface area contributed by atoms with E-state index in [-0.39, 0.29) is 17.7 Å². The van der Waals surface area contributed by atoms with Crippen molar-refractivity contribution in [1.29, 1.82) is 0 Å². The number of pyridine rings is 1. The molecular weight excluding hydrogens is 364 g/mol. The van der Waals surface area contributed by atoms with E-state index < -0.39 is 9.84 Å². The second-order valence-corrected chi connectivity index (χ2v) is 9.75. The summed E-state index contributed by atoms with van der Waals surface area (Å²) in [5, 5.41) is 0. The first-order valence-corrected chi connectivity index (χ1v) is 11.7. The van der Waals surface area contributed by atoms with Gasteiger partial charge in [-0.3, -0.25) is 14.6 Å². The highest BCUT2D eigenvalue weighted by molar-refractivity contribution is 7.90. The number of nitrogens with zero attached hydrogens (tertiary/aromatic N) is 2. The molecule has 0 radical (unpaired) electrons. The van der Waals surface area contributed by atoms with Crippen molar-refractivity contribution in [3.05, 3.63) is 24.0 Å². The van der Waals surface area contributed by atoms with Crippen molar-refractivity contribution in [2.75, 3.05) is 19.3 Å². The molecule has 2 fully saturated rings. The first-order valence-electron chi connectivity index (χ1n) is 9.81. The van der Waals surface area contributed by atoms with Crippen LogP contribution in [0.3, 0.4) is 0 Å². The molecule has 1 saturated heterocycles. The fourth-order valence-electron chi connectivity index (χ4n) is 4.24. The molecule has 0 unspecified atom stereocenters. The second-order valence-electron chi connectivity index (χ2n) is 7.76. The molecule has 1 aliphatic heterocycles. The Kier molecular flexibility index (Phi) is 6.29. The molecule has 1 aromatic rings. The lowest BCUT2D eigenvalue weighted by Crippen LogP contribution is -2.38. The van der Waals surface area contributed by atoms with Gasteiger partial charge in [0.15, 0.2) is 9.84 Å². The Morgan fingerprint density at radius 1 is 1.22 bits per heavy atom. The van der Waals surface area contributed by atoms with Crippen molar-refractivity contribution in [2.45, 2.75) is 62.2 Å². The smallest absolute Gasteiger partial charge is 0.222 e. The van der Waals surface area contributed by atoms with Gasteiger partial charge in [-0.25, -0.2) is 8.42 Å². The maximum absolute atomic E-state index is 12.5. The summed E-state index contributed by atoms with van der Waals surface area (Å²) in [6.07, 6.45) is 9.01. The molecule has 1 aromatic heterocycles. The average Bonchev–Trinajstić information content (AvgIpc) is 2.66. The third kappa shape index (κ3) is 4.94. The largest absolute Gasteiger partial charge is 0.343 e. The predicted molar refractivity (Wildman–Crippen MR) is 102 cm³/mol. The first kappa shape index (κ1) is 20.0. The third-order valence-corrected chi connectivity index (χ3v) is 6.97. The monoisotopic (exact) mass is 392 g/mol. The van der Waals surface area contributed by atoms with Gasteiger partial charge in [-0.15, -0.1) is 0 Å².